The average Bonchev–Trinajstić information content (AvgIpc) is 2.58. The maximum atomic E-state index is 12.1. The second-order valence-electron chi connectivity index (χ2n) is 5.35. The molecule has 2 aromatic rings. The van der Waals surface area contributed by atoms with Crippen LogP contribution in [0.4, 0.5) is 5.69 Å². The zero-order chi connectivity index (χ0) is 19.2. The fourth-order valence-electron chi connectivity index (χ4n) is 2.13. The van der Waals surface area contributed by atoms with E-state index in [0.29, 0.717) is 10.8 Å². The van der Waals surface area contributed by atoms with Gasteiger partial charge in [0.05, 0.1) is 28.5 Å². The summed E-state index contributed by atoms with van der Waals surface area (Å²) in [5, 5.41) is 3.32. The van der Waals surface area contributed by atoms with Crippen LogP contribution >= 0.6 is 23.2 Å². The molecule has 0 saturated carbocycles. The van der Waals surface area contributed by atoms with Gasteiger partial charge in [0.25, 0.3) is 0 Å². The van der Waals surface area contributed by atoms with Crippen molar-refractivity contribution in [2.75, 3.05) is 30.3 Å². The quantitative estimate of drug-likeness (QED) is 0.671. The summed E-state index contributed by atoms with van der Waals surface area (Å²) in [4.78, 5) is 12.1. The first-order valence-electron chi connectivity index (χ1n) is 7.65. The SMILES string of the molecule is CS(=O)(=O)N(CC(=O)NCCOc1ccccc1Cl)c1ccccc1Cl. The predicted octanol–water partition coefficient (Wildman–Crippen LogP) is 2.95. The fourth-order valence-corrected chi connectivity index (χ4v) is 3.48. The van der Waals surface area contributed by atoms with Crippen molar-refractivity contribution >= 4 is 44.8 Å². The predicted molar refractivity (Wildman–Crippen MR) is 104 cm³/mol. The summed E-state index contributed by atoms with van der Waals surface area (Å²) in [6, 6.07) is 13.4. The van der Waals surface area contributed by atoms with Gasteiger partial charge < -0.3 is 10.1 Å². The first-order valence-corrected chi connectivity index (χ1v) is 10.3. The molecule has 0 atom stereocenters. The number of nitrogens with zero attached hydrogens (tertiary/aromatic N) is 1. The Bertz CT molecular complexity index is 875. The molecular weight excluding hydrogens is 399 g/mol. The summed E-state index contributed by atoms with van der Waals surface area (Å²) >= 11 is 12.0. The molecule has 0 heterocycles. The first-order chi connectivity index (χ1) is 12.3. The van der Waals surface area contributed by atoms with Crippen LogP contribution in [-0.2, 0) is 14.8 Å². The van der Waals surface area contributed by atoms with Gasteiger partial charge in [-0.2, -0.15) is 0 Å². The number of halogens is 2. The number of ether oxygens (including phenoxy) is 1. The van der Waals surface area contributed by atoms with Crippen molar-refractivity contribution in [1.82, 2.24) is 5.32 Å². The Hall–Kier alpha value is -1.96. The molecule has 0 bridgehead atoms. The van der Waals surface area contributed by atoms with Crippen molar-refractivity contribution in [1.29, 1.82) is 0 Å². The van der Waals surface area contributed by atoms with Gasteiger partial charge in [0.15, 0.2) is 0 Å². The third-order valence-electron chi connectivity index (χ3n) is 3.33. The highest BCUT2D eigenvalue weighted by Crippen LogP contribution is 2.27. The Balaban J connectivity index is 1.92. The molecule has 0 aliphatic rings. The third-order valence-corrected chi connectivity index (χ3v) is 5.09. The number of amides is 1. The van der Waals surface area contributed by atoms with E-state index >= 15 is 0 Å². The van der Waals surface area contributed by atoms with E-state index in [4.69, 9.17) is 27.9 Å². The molecule has 9 heteroatoms. The third kappa shape index (κ3) is 5.79. The van der Waals surface area contributed by atoms with Gasteiger partial charge in [-0.1, -0.05) is 47.5 Å². The lowest BCUT2D eigenvalue weighted by Gasteiger charge is -2.22. The maximum absolute atomic E-state index is 12.1. The summed E-state index contributed by atoms with van der Waals surface area (Å²) in [7, 11) is -3.68. The molecule has 0 saturated heterocycles. The fraction of sp³-hybridized carbons (Fsp3) is 0.235. The van der Waals surface area contributed by atoms with Crippen molar-refractivity contribution in [3.63, 3.8) is 0 Å². The minimum absolute atomic E-state index is 0.195. The van der Waals surface area contributed by atoms with Crippen molar-refractivity contribution in [3.05, 3.63) is 58.6 Å². The molecule has 1 N–H and O–H groups in total. The van der Waals surface area contributed by atoms with Crippen molar-refractivity contribution in [2.45, 2.75) is 0 Å². The van der Waals surface area contributed by atoms with E-state index in [9.17, 15) is 13.2 Å². The number of para-hydroxylation sites is 2. The topological polar surface area (TPSA) is 75.7 Å². The second kappa shape index (κ2) is 9.12. The van der Waals surface area contributed by atoms with Crippen LogP contribution in [0, 0.1) is 0 Å². The number of nitrogens with one attached hydrogen (secondary N) is 1. The minimum atomic E-state index is -3.68. The highest BCUT2D eigenvalue weighted by atomic mass is 35.5. The van der Waals surface area contributed by atoms with Crippen LogP contribution in [0.2, 0.25) is 10.0 Å². The first kappa shape index (κ1) is 20.4. The summed E-state index contributed by atoms with van der Waals surface area (Å²) in [6.45, 7) is 0.0132. The Morgan fingerprint density at radius 2 is 1.69 bits per heavy atom. The van der Waals surface area contributed by atoms with Crippen molar-refractivity contribution < 1.29 is 17.9 Å². The normalized spacial score (nSPS) is 11.0. The minimum Gasteiger partial charge on any atom is -0.490 e. The molecule has 0 spiro atoms. The van der Waals surface area contributed by atoms with Crippen molar-refractivity contribution in [2.24, 2.45) is 0 Å². The molecule has 26 heavy (non-hydrogen) atoms. The monoisotopic (exact) mass is 416 g/mol. The summed E-state index contributed by atoms with van der Waals surface area (Å²) in [6.07, 6.45) is 1.02. The van der Waals surface area contributed by atoms with Crippen LogP contribution < -0.4 is 14.4 Å². The van der Waals surface area contributed by atoms with Crippen LogP contribution in [0.25, 0.3) is 0 Å². The molecule has 0 aliphatic heterocycles. The van der Waals surface area contributed by atoms with Gasteiger partial charge in [-0.3, -0.25) is 9.10 Å². The molecule has 0 unspecified atom stereocenters. The van der Waals surface area contributed by atoms with E-state index in [1.807, 2.05) is 0 Å². The molecule has 0 aliphatic carbocycles. The standard InChI is InChI=1S/C17H18Cl2N2O4S/c1-26(23,24)21(15-8-4-2-6-13(15)18)12-17(22)20-10-11-25-16-9-5-3-7-14(16)19/h2-9H,10-12H2,1H3,(H,20,22). The van der Waals surface area contributed by atoms with Crippen molar-refractivity contribution in [3.8, 4) is 5.75 Å². The number of anilines is 1. The smallest absolute Gasteiger partial charge is 0.240 e. The van der Waals surface area contributed by atoms with Crippen LogP contribution in [0.1, 0.15) is 0 Å². The molecule has 0 aromatic heterocycles. The largest absolute Gasteiger partial charge is 0.490 e. The molecule has 2 rings (SSSR count). The number of sulfonamides is 1. The van der Waals surface area contributed by atoms with Crippen LogP contribution in [0.3, 0.4) is 0 Å². The highest BCUT2D eigenvalue weighted by Gasteiger charge is 2.22. The van der Waals surface area contributed by atoms with Gasteiger partial charge in [0.2, 0.25) is 15.9 Å². The number of hydrogen-bond acceptors (Lipinski definition) is 4. The molecule has 0 fully saturated rings. The Labute approximate surface area is 162 Å². The van der Waals surface area contributed by atoms with E-state index in [0.717, 1.165) is 10.6 Å². The molecule has 6 nitrogen and oxygen atoms in total. The second-order valence-corrected chi connectivity index (χ2v) is 8.07. The van der Waals surface area contributed by atoms with Gasteiger partial charge >= 0.3 is 0 Å². The lowest BCUT2D eigenvalue weighted by Crippen LogP contribution is -2.41. The molecule has 2 aromatic carbocycles. The van der Waals surface area contributed by atoms with E-state index in [2.05, 4.69) is 5.32 Å². The number of hydrogen-bond donors (Lipinski definition) is 1. The number of carbonyl (C=O) groups is 1. The zero-order valence-corrected chi connectivity index (χ0v) is 16.3. The summed E-state index contributed by atoms with van der Waals surface area (Å²) in [5.41, 5.74) is 0.249. The van der Waals surface area contributed by atoms with Gasteiger partial charge in [-0.05, 0) is 24.3 Å². The van der Waals surface area contributed by atoms with E-state index < -0.39 is 15.9 Å². The van der Waals surface area contributed by atoms with Crippen LogP contribution in [0.15, 0.2) is 48.5 Å². The summed E-state index contributed by atoms with van der Waals surface area (Å²) in [5.74, 6) is 0.0374. The zero-order valence-electron chi connectivity index (χ0n) is 14.0. The average molecular weight is 417 g/mol. The highest BCUT2D eigenvalue weighted by molar-refractivity contribution is 7.92. The lowest BCUT2D eigenvalue weighted by molar-refractivity contribution is -0.119. The van der Waals surface area contributed by atoms with E-state index in [1.54, 1.807) is 42.5 Å². The molecular formula is C17H18Cl2N2O4S. The molecule has 140 valence electrons. The Morgan fingerprint density at radius 3 is 2.31 bits per heavy atom. The number of carbonyl (C=O) groups excluding carboxylic acids is 1. The Kier molecular flexibility index (Phi) is 7.14. The van der Waals surface area contributed by atoms with Crippen LogP contribution in [-0.4, -0.2) is 40.3 Å². The molecule has 1 amide bonds. The van der Waals surface area contributed by atoms with Gasteiger partial charge in [0.1, 0.15) is 18.9 Å². The van der Waals surface area contributed by atoms with Gasteiger partial charge in [-0.15, -0.1) is 0 Å². The van der Waals surface area contributed by atoms with E-state index in [-0.39, 0.29) is 30.4 Å². The van der Waals surface area contributed by atoms with E-state index in [1.165, 1.54) is 6.07 Å². The van der Waals surface area contributed by atoms with Crippen LogP contribution in [0.5, 0.6) is 5.75 Å². The Morgan fingerprint density at radius 1 is 1.08 bits per heavy atom. The number of rotatable bonds is 8. The van der Waals surface area contributed by atoms with Gasteiger partial charge in [-0.25, -0.2) is 8.42 Å². The van der Waals surface area contributed by atoms with Gasteiger partial charge in [0, 0.05) is 0 Å². The number of benzene rings is 2. The lowest BCUT2D eigenvalue weighted by atomic mass is 10.3. The molecule has 0 radical (unpaired) electrons. The summed E-state index contributed by atoms with van der Waals surface area (Å²) < 4.78 is 30.5. The maximum Gasteiger partial charge on any atom is 0.240 e.